The number of carbonyl (C=O) groups excluding carboxylic acids is 1. The molecule has 2 aromatic carbocycles. The SMILES string of the molecule is CCOc1ccc(OCC(=O)N2CCN(c3cc(-c4ccccc4)ncn3)CC2)cc1. The molecule has 7 heteroatoms. The Hall–Kier alpha value is -3.61. The Morgan fingerprint density at radius 3 is 2.26 bits per heavy atom. The fourth-order valence-electron chi connectivity index (χ4n) is 3.51. The largest absolute Gasteiger partial charge is 0.494 e. The van der Waals surface area contributed by atoms with E-state index in [9.17, 15) is 4.79 Å². The van der Waals surface area contributed by atoms with Gasteiger partial charge < -0.3 is 19.3 Å². The van der Waals surface area contributed by atoms with E-state index < -0.39 is 0 Å². The van der Waals surface area contributed by atoms with Gasteiger partial charge in [0.05, 0.1) is 12.3 Å². The van der Waals surface area contributed by atoms with Crippen LogP contribution in [0.3, 0.4) is 0 Å². The smallest absolute Gasteiger partial charge is 0.260 e. The van der Waals surface area contributed by atoms with Gasteiger partial charge in [-0.1, -0.05) is 30.3 Å². The van der Waals surface area contributed by atoms with E-state index >= 15 is 0 Å². The lowest BCUT2D eigenvalue weighted by atomic mass is 10.1. The maximum Gasteiger partial charge on any atom is 0.260 e. The minimum absolute atomic E-state index is 0.0128. The van der Waals surface area contributed by atoms with Gasteiger partial charge in [-0.25, -0.2) is 9.97 Å². The third kappa shape index (κ3) is 5.31. The molecule has 0 bridgehead atoms. The third-order valence-corrected chi connectivity index (χ3v) is 5.18. The van der Waals surface area contributed by atoms with Gasteiger partial charge in [-0.15, -0.1) is 0 Å². The van der Waals surface area contributed by atoms with Crippen molar-refractivity contribution in [3.63, 3.8) is 0 Å². The molecule has 1 aliphatic rings. The van der Waals surface area contributed by atoms with Crippen LogP contribution >= 0.6 is 0 Å². The first kappa shape index (κ1) is 20.7. The van der Waals surface area contributed by atoms with Crippen molar-refractivity contribution in [3.05, 3.63) is 67.0 Å². The number of carbonyl (C=O) groups is 1. The van der Waals surface area contributed by atoms with Gasteiger partial charge in [-0.05, 0) is 31.2 Å². The minimum Gasteiger partial charge on any atom is -0.494 e. The summed E-state index contributed by atoms with van der Waals surface area (Å²) in [6, 6.07) is 19.4. The number of nitrogens with zero attached hydrogens (tertiary/aromatic N) is 4. The predicted octanol–water partition coefficient (Wildman–Crippen LogP) is 3.27. The fourth-order valence-corrected chi connectivity index (χ4v) is 3.51. The Labute approximate surface area is 182 Å². The number of piperazine rings is 1. The first-order valence-electron chi connectivity index (χ1n) is 10.5. The summed E-state index contributed by atoms with van der Waals surface area (Å²) in [7, 11) is 0. The number of hydrogen-bond acceptors (Lipinski definition) is 6. The molecule has 1 amide bonds. The highest BCUT2D eigenvalue weighted by Gasteiger charge is 2.22. The average molecular weight is 418 g/mol. The van der Waals surface area contributed by atoms with Crippen LogP contribution in [0.15, 0.2) is 67.0 Å². The number of ether oxygens (including phenoxy) is 2. The van der Waals surface area contributed by atoms with Crippen LogP contribution in [0.2, 0.25) is 0 Å². The molecule has 0 aliphatic carbocycles. The molecule has 0 saturated carbocycles. The lowest BCUT2D eigenvalue weighted by molar-refractivity contribution is -0.133. The molecule has 1 saturated heterocycles. The Kier molecular flexibility index (Phi) is 6.62. The first-order chi connectivity index (χ1) is 15.2. The van der Waals surface area contributed by atoms with Crippen molar-refractivity contribution in [2.45, 2.75) is 6.92 Å². The summed E-state index contributed by atoms with van der Waals surface area (Å²) >= 11 is 0. The Balaban J connectivity index is 1.29. The second kappa shape index (κ2) is 9.93. The van der Waals surface area contributed by atoms with E-state index in [0.717, 1.165) is 35.9 Å². The van der Waals surface area contributed by atoms with Crippen LogP contribution in [0.5, 0.6) is 11.5 Å². The van der Waals surface area contributed by atoms with Gasteiger partial charge in [0.1, 0.15) is 23.6 Å². The molecule has 1 aliphatic heterocycles. The number of anilines is 1. The topological polar surface area (TPSA) is 67.8 Å². The number of amides is 1. The molecule has 0 unspecified atom stereocenters. The molecule has 0 spiro atoms. The molecule has 160 valence electrons. The summed E-state index contributed by atoms with van der Waals surface area (Å²) in [4.78, 5) is 25.4. The standard InChI is InChI=1S/C24H26N4O3/c1-2-30-20-8-10-21(11-9-20)31-17-24(29)28-14-12-27(13-15-28)23-16-22(25-18-26-23)19-6-4-3-5-7-19/h3-11,16,18H,2,12-15,17H2,1H3. The lowest BCUT2D eigenvalue weighted by Gasteiger charge is -2.35. The number of hydrogen-bond donors (Lipinski definition) is 0. The molecule has 0 N–H and O–H groups in total. The summed E-state index contributed by atoms with van der Waals surface area (Å²) in [6.45, 7) is 5.30. The highest BCUT2D eigenvalue weighted by molar-refractivity contribution is 5.78. The summed E-state index contributed by atoms with van der Waals surface area (Å²) in [5.41, 5.74) is 1.96. The Morgan fingerprint density at radius 1 is 0.903 bits per heavy atom. The molecule has 3 aromatic rings. The summed E-state index contributed by atoms with van der Waals surface area (Å²) in [5.74, 6) is 2.31. The first-order valence-corrected chi connectivity index (χ1v) is 10.5. The number of aromatic nitrogens is 2. The number of benzene rings is 2. The van der Waals surface area contributed by atoms with Crippen LogP contribution in [0.25, 0.3) is 11.3 Å². The van der Waals surface area contributed by atoms with Crippen LogP contribution < -0.4 is 14.4 Å². The minimum atomic E-state index is -0.0128. The van der Waals surface area contributed by atoms with Crippen LogP contribution in [0, 0.1) is 0 Å². The molecule has 31 heavy (non-hydrogen) atoms. The van der Waals surface area contributed by atoms with E-state index in [2.05, 4.69) is 14.9 Å². The van der Waals surface area contributed by atoms with Gasteiger partial charge in [0, 0.05) is 37.8 Å². The van der Waals surface area contributed by atoms with Gasteiger partial charge in [0.25, 0.3) is 5.91 Å². The van der Waals surface area contributed by atoms with Crippen LogP contribution in [-0.2, 0) is 4.79 Å². The fraction of sp³-hybridized carbons (Fsp3) is 0.292. The highest BCUT2D eigenvalue weighted by atomic mass is 16.5. The summed E-state index contributed by atoms with van der Waals surface area (Å²) < 4.78 is 11.1. The van der Waals surface area contributed by atoms with Gasteiger partial charge in [0.2, 0.25) is 0 Å². The number of rotatable bonds is 7. The maximum absolute atomic E-state index is 12.6. The molecule has 0 atom stereocenters. The van der Waals surface area contributed by atoms with Gasteiger partial charge in [-0.2, -0.15) is 0 Å². The van der Waals surface area contributed by atoms with Crippen molar-refractivity contribution in [2.24, 2.45) is 0 Å². The van der Waals surface area contributed by atoms with Crippen molar-refractivity contribution in [2.75, 3.05) is 44.3 Å². The second-order valence-corrected chi connectivity index (χ2v) is 7.19. The van der Waals surface area contributed by atoms with Crippen molar-refractivity contribution in [1.82, 2.24) is 14.9 Å². The predicted molar refractivity (Wildman–Crippen MR) is 119 cm³/mol. The van der Waals surface area contributed by atoms with Crippen LogP contribution in [0.4, 0.5) is 5.82 Å². The van der Waals surface area contributed by atoms with Crippen molar-refractivity contribution in [3.8, 4) is 22.8 Å². The summed E-state index contributed by atoms with van der Waals surface area (Å²) in [5, 5.41) is 0. The van der Waals surface area contributed by atoms with E-state index in [0.29, 0.717) is 25.4 Å². The molecule has 1 aromatic heterocycles. The van der Waals surface area contributed by atoms with Crippen LogP contribution in [0.1, 0.15) is 6.92 Å². The quantitative estimate of drug-likeness (QED) is 0.587. The van der Waals surface area contributed by atoms with E-state index in [1.165, 1.54) is 0 Å². The lowest BCUT2D eigenvalue weighted by Crippen LogP contribution is -2.50. The van der Waals surface area contributed by atoms with E-state index in [1.54, 1.807) is 6.33 Å². The van der Waals surface area contributed by atoms with Crippen LogP contribution in [-0.4, -0.2) is 60.2 Å². The van der Waals surface area contributed by atoms with E-state index in [-0.39, 0.29) is 12.5 Å². The van der Waals surface area contributed by atoms with E-state index in [1.807, 2.05) is 72.5 Å². The zero-order valence-electron chi connectivity index (χ0n) is 17.6. The molecular weight excluding hydrogens is 392 g/mol. The van der Waals surface area contributed by atoms with Gasteiger partial charge in [0.15, 0.2) is 6.61 Å². The van der Waals surface area contributed by atoms with Gasteiger partial charge in [-0.3, -0.25) is 4.79 Å². The molecular formula is C24H26N4O3. The zero-order chi connectivity index (χ0) is 21.5. The van der Waals surface area contributed by atoms with Crippen molar-refractivity contribution in [1.29, 1.82) is 0 Å². The molecule has 4 rings (SSSR count). The van der Waals surface area contributed by atoms with E-state index in [4.69, 9.17) is 9.47 Å². The Bertz CT molecular complexity index is 987. The van der Waals surface area contributed by atoms with Crippen molar-refractivity contribution < 1.29 is 14.3 Å². The monoisotopic (exact) mass is 418 g/mol. The normalized spacial score (nSPS) is 13.7. The third-order valence-electron chi connectivity index (χ3n) is 5.18. The maximum atomic E-state index is 12.6. The second-order valence-electron chi connectivity index (χ2n) is 7.19. The molecule has 7 nitrogen and oxygen atoms in total. The zero-order valence-corrected chi connectivity index (χ0v) is 17.6. The highest BCUT2D eigenvalue weighted by Crippen LogP contribution is 2.21. The molecule has 1 fully saturated rings. The molecule has 2 heterocycles. The molecule has 0 radical (unpaired) electrons. The van der Waals surface area contributed by atoms with Gasteiger partial charge >= 0.3 is 0 Å². The Morgan fingerprint density at radius 2 is 1.58 bits per heavy atom. The average Bonchev–Trinajstić information content (AvgIpc) is 2.84. The summed E-state index contributed by atoms with van der Waals surface area (Å²) in [6.07, 6.45) is 1.60. The van der Waals surface area contributed by atoms with Crippen molar-refractivity contribution >= 4 is 11.7 Å².